The van der Waals surface area contributed by atoms with Gasteiger partial charge in [-0.1, -0.05) is 6.07 Å². The highest BCUT2D eigenvalue weighted by molar-refractivity contribution is 5.79. The van der Waals surface area contributed by atoms with Crippen molar-refractivity contribution in [1.29, 1.82) is 0 Å². The lowest BCUT2D eigenvalue weighted by molar-refractivity contribution is 0.123. The van der Waals surface area contributed by atoms with Crippen LogP contribution in [0.5, 0.6) is 0 Å². The summed E-state index contributed by atoms with van der Waals surface area (Å²) in [4.78, 5) is 6.58. The summed E-state index contributed by atoms with van der Waals surface area (Å²) in [5.74, 6) is 1.32. The van der Waals surface area contributed by atoms with Gasteiger partial charge in [-0.25, -0.2) is 9.38 Å². The maximum absolute atomic E-state index is 14.6. The number of ether oxygens (including phenoxy) is 1. The number of rotatable bonds is 10. The first-order chi connectivity index (χ1) is 14.2. The monoisotopic (exact) mass is 406 g/mol. The molecule has 0 aromatic heterocycles. The summed E-state index contributed by atoms with van der Waals surface area (Å²) in [5.41, 5.74) is 1.45. The standard InChI is InChI=1S/C22H35FN4O2/c1-2-24-22(25-10-3-13-29-16-17-4-5-17)26-15-18-6-7-21(20(23)14-18)27-11-8-19(28)9-12-27/h6-7,14,17,19,28H,2-5,8-13,15-16H2,1H3,(H2,24,25,26). The van der Waals surface area contributed by atoms with Crippen molar-refractivity contribution in [2.75, 3.05) is 44.3 Å². The summed E-state index contributed by atoms with van der Waals surface area (Å²) in [6, 6.07) is 5.33. The molecule has 1 heterocycles. The second-order valence-electron chi connectivity index (χ2n) is 8.00. The van der Waals surface area contributed by atoms with E-state index in [0.29, 0.717) is 38.2 Å². The van der Waals surface area contributed by atoms with E-state index in [0.717, 1.165) is 50.2 Å². The van der Waals surface area contributed by atoms with E-state index in [1.165, 1.54) is 12.8 Å². The number of halogens is 1. The highest BCUT2D eigenvalue weighted by Gasteiger charge is 2.21. The summed E-state index contributed by atoms with van der Waals surface area (Å²) < 4.78 is 20.2. The quantitative estimate of drug-likeness (QED) is 0.317. The second kappa shape index (κ2) is 11.4. The molecular weight excluding hydrogens is 371 g/mol. The molecule has 0 spiro atoms. The Morgan fingerprint density at radius 1 is 1.24 bits per heavy atom. The third kappa shape index (κ3) is 7.48. The molecule has 1 aromatic carbocycles. The first-order valence-electron chi connectivity index (χ1n) is 11.0. The van der Waals surface area contributed by atoms with Crippen LogP contribution in [0.25, 0.3) is 0 Å². The van der Waals surface area contributed by atoms with Gasteiger partial charge in [0, 0.05) is 39.4 Å². The SMILES string of the molecule is CCNC(=NCc1ccc(N2CCC(O)CC2)c(F)c1)NCCCOCC1CC1. The molecule has 0 bridgehead atoms. The van der Waals surface area contributed by atoms with Gasteiger partial charge in [-0.2, -0.15) is 0 Å². The smallest absolute Gasteiger partial charge is 0.191 e. The summed E-state index contributed by atoms with van der Waals surface area (Å²) >= 11 is 0. The largest absolute Gasteiger partial charge is 0.393 e. The first-order valence-corrected chi connectivity index (χ1v) is 11.0. The maximum Gasteiger partial charge on any atom is 0.191 e. The Kier molecular flexibility index (Phi) is 8.55. The van der Waals surface area contributed by atoms with Crippen LogP contribution in [0.1, 0.15) is 44.6 Å². The highest BCUT2D eigenvalue weighted by Crippen LogP contribution is 2.28. The van der Waals surface area contributed by atoms with Gasteiger partial charge in [0.2, 0.25) is 0 Å². The number of hydrogen-bond donors (Lipinski definition) is 3. The fourth-order valence-electron chi connectivity index (χ4n) is 3.44. The van der Waals surface area contributed by atoms with E-state index in [9.17, 15) is 9.50 Å². The Labute approximate surface area is 173 Å². The molecule has 2 aliphatic rings. The summed E-state index contributed by atoms with van der Waals surface area (Å²) in [6.07, 6.45) is 4.69. The second-order valence-corrected chi connectivity index (χ2v) is 8.00. The van der Waals surface area contributed by atoms with Crippen LogP contribution in [0.15, 0.2) is 23.2 Å². The third-order valence-electron chi connectivity index (χ3n) is 5.39. The van der Waals surface area contributed by atoms with Gasteiger partial charge in [-0.05, 0) is 62.6 Å². The molecule has 7 heteroatoms. The van der Waals surface area contributed by atoms with Crippen LogP contribution in [-0.4, -0.2) is 56.6 Å². The van der Waals surface area contributed by atoms with Crippen LogP contribution in [0.2, 0.25) is 0 Å². The molecule has 3 N–H and O–H groups in total. The fourth-order valence-corrected chi connectivity index (χ4v) is 3.44. The van der Waals surface area contributed by atoms with Gasteiger partial charge in [0.1, 0.15) is 5.82 Å². The third-order valence-corrected chi connectivity index (χ3v) is 5.39. The Hall–Kier alpha value is -1.86. The van der Waals surface area contributed by atoms with Crippen molar-refractivity contribution in [3.05, 3.63) is 29.6 Å². The van der Waals surface area contributed by atoms with Crippen molar-refractivity contribution in [3.8, 4) is 0 Å². The van der Waals surface area contributed by atoms with Crippen molar-refractivity contribution in [1.82, 2.24) is 10.6 Å². The molecule has 1 aliphatic carbocycles. The number of hydrogen-bond acceptors (Lipinski definition) is 4. The zero-order chi connectivity index (χ0) is 20.5. The van der Waals surface area contributed by atoms with Crippen molar-refractivity contribution in [2.45, 2.75) is 51.7 Å². The van der Waals surface area contributed by atoms with Crippen LogP contribution in [0, 0.1) is 11.7 Å². The van der Waals surface area contributed by atoms with E-state index in [1.54, 1.807) is 6.07 Å². The van der Waals surface area contributed by atoms with Crippen LogP contribution in [-0.2, 0) is 11.3 Å². The normalized spacial score (nSPS) is 18.2. The van der Waals surface area contributed by atoms with Gasteiger partial charge < -0.3 is 25.4 Å². The van der Waals surface area contributed by atoms with Crippen LogP contribution >= 0.6 is 0 Å². The van der Waals surface area contributed by atoms with Crippen LogP contribution in [0.3, 0.4) is 0 Å². The lowest BCUT2D eigenvalue weighted by atomic mass is 10.1. The van der Waals surface area contributed by atoms with Gasteiger partial charge in [-0.3, -0.25) is 0 Å². The van der Waals surface area contributed by atoms with Gasteiger partial charge in [0.15, 0.2) is 5.96 Å². The molecule has 0 amide bonds. The van der Waals surface area contributed by atoms with E-state index >= 15 is 0 Å². The highest BCUT2D eigenvalue weighted by atomic mass is 19.1. The van der Waals surface area contributed by atoms with Gasteiger partial charge in [-0.15, -0.1) is 0 Å². The number of guanidine groups is 1. The molecule has 1 saturated heterocycles. The Bertz CT molecular complexity index is 658. The number of benzene rings is 1. The lowest BCUT2D eigenvalue weighted by Gasteiger charge is -2.31. The molecule has 3 rings (SSSR count). The molecule has 1 saturated carbocycles. The number of anilines is 1. The zero-order valence-electron chi connectivity index (χ0n) is 17.5. The van der Waals surface area contributed by atoms with E-state index in [-0.39, 0.29) is 11.9 Å². The van der Waals surface area contributed by atoms with Crippen molar-refractivity contribution in [2.24, 2.45) is 10.9 Å². The van der Waals surface area contributed by atoms with Gasteiger partial charge >= 0.3 is 0 Å². The topological polar surface area (TPSA) is 69.1 Å². The number of aliphatic hydroxyl groups excluding tert-OH is 1. The number of aliphatic imine (C=N–C) groups is 1. The average molecular weight is 407 g/mol. The predicted octanol–water partition coefficient (Wildman–Crippen LogP) is 2.66. The van der Waals surface area contributed by atoms with E-state index in [2.05, 4.69) is 15.6 Å². The van der Waals surface area contributed by atoms with E-state index < -0.39 is 0 Å². The molecule has 2 fully saturated rings. The molecular formula is C22H35FN4O2. The van der Waals surface area contributed by atoms with Crippen LogP contribution < -0.4 is 15.5 Å². The molecule has 162 valence electrons. The predicted molar refractivity (Wildman–Crippen MR) is 115 cm³/mol. The minimum Gasteiger partial charge on any atom is -0.393 e. The van der Waals surface area contributed by atoms with Crippen molar-refractivity contribution >= 4 is 11.6 Å². The van der Waals surface area contributed by atoms with Crippen molar-refractivity contribution < 1.29 is 14.2 Å². The summed E-state index contributed by atoms with van der Waals surface area (Å²) in [5, 5.41) is 16.2. The minimum atomic E-state index is -0.260. The van der Waals surface area contributed by atoms with Crippen molar-refractivity contribution in [3.63, 3.8) is 0 Å². The number of aliphatic hydroxyl groups is 1. The van der Waals surface area contributed by atoms with E-state index in [4.69, 9.17) is 4.74 Å². The van der Waals surface area contributed by atoms with E-state index in [1.807, 2.05) is 24.0 Å². The molecule has 0 atom stereocenters. The average Bonchev–Trinajstić information content (AvgIpc) is 3.54. The summed E-state index contributed by atoms with van der Waals surface area (Å²) in [7, 11) is 0. The maximum atomic E-state index is 14.6. The minimum absolute atomic E-state index is 0.222. The zero-order valence-corrected chi connectivity index (χ0v) is 17.5. The molecule has 1 aliphatic heterocycles. The van der Waals surface area contributed by atoms with Crippen LogP contribution in [0.4, 0.5) is 10.1 Å². The fraction of sp³-hybridized carbons (Fsp3) is 0.682. The van der Waals surface area contributed by atoms with Gasteiger partial charge in [0.25, 0.3) is 0 Å². The van der Waals surface area contributed by atoms with Gasteiger partial charge in [0.05, 0.1) is 18.3 Å². The Morgan fingerprint density at radius 3 is 2.72 bits per heavy atom. The Balaban J connectivity index is 1.45. The number of nitrogens with zero attached hydrogens (tertiary/aromatic N) is 2. The molecule has 0 radical (unpaired) electrons. The Morgan fingerprint density at radius 2 is 2.03 bits per heavy atom. The number of nitrogens with one attached hydrogen (secondary N) is 2. The first kappa shape index (κ1) is 21.8. The number of piperidine rings is 1. The summed E-state index contributed by atoms with van der Waals surface area (Å²) in [6.45, 7) is 7.06. The molecule has 6 nitrogen and oxygen atoms in total. The lowest BCUT2D eigenvalue weighted by Crippen LogP contribution is -2.38. The molecule has 1 aromatic rings. The molecule has 0 unspecified atom stereocenters. The molecule has 29 heavy (non-hydrogen) atoms.